The van der Waals surface area contributed by atoms with Gasteiger partial charge in [-0.1, -0.05) is 19.1 Å². The number of rotatable bonds is 5. The van der Waals surface area contributed by atoms with Gasteiger partial charge in [0.1, 0.15) is 5.82 Å². The van der Waals surface area contributed by atoms with Crippen molar-refractivity contribution in [1.29, 1.82) is 0 Å². The molecule has 24 heavy (non-hydrogen) atoms. The molecule has 1 N–H and O–H groups in total. The second-order valence-electron chi connectivity index (χ2n) is 5.61. The summed E-state index contributed by atoms with van der Waals surface area (Å²) in [5.74, 6) is 1.50. The van der Waals surface area contributed by atoms with E-state index >= 15 is 0 Å². The number of aromatic nitrogens is 2. The van der Waals surface area contributed by atoms with E-state index in [1.54, 1.807) is 7.05 Å². The second kappa shape index (κ2) is 7.05. The molecule has 0 bridgehead atoms. The van der Waals surface area contributed by atoms with Crippen LogP contribution in [0.2, 0.25) is 0 Å². The predicted octanol–water partition coefficient (Wildman–Crippen LogP) is 3.73. The van der Waals surface area contributed by atoms with Gasteiger partial charge >= 0.3 is 0 Å². The Morgan fingerprint density at radius 3 is 2.58 bits per heavy atom. The first kappa shape index (κ1) is 16.5. The zero-order chi connectivity index (χ0) is 17.1. The zero-order valence-electron chi connectivity index (χ0n) is 13.8. The maximum absolute atomic E-state index is 11.8. The minimum absolute atomic E-state index is 0.102. The van der Waals surface area contributed by atoms with E-state index in [2.05, 4.69) is 41.1 Å². The Labute approximate surface area is 146 Å². The maximum Gasteiger partial charge on any atom is 0.251 e. The predicted molar refractivity (Wildman–Crippen MR) is 98.3 cm³/mol. The van der Waals surface area contributed by atoms with Crippen molar-refractivity contribution < 1.29 is 4.79 Å². The minimum Gasteiger partial charge on any atom is -0.355 e. The Morgan fingerprint density at radius 2 is 1.96 bits per heavy atom. The van der Waals surface area contributed by atoms with Crippen molar-refractivity contribution >= 4 is 28.5 Å². The molecular formula is C19H20ClN3O. The molecule has 0 atom stereocenters. The number of halogens is 1. The quantitative estimate of drug-likeness (QED) is 0.719. The van der Waals surface area contributed by atoms with Crippen molar-refractivity contribution in [3.05, 3.63) is 59.4 Å². The van der Waals surface area contributed by atoms with E-state index in [-0.39, 0.29) is 5.91 Å². The number of amides is 1. The van der Waals surface area contributed by atoms with Crippen LogP contribution in [0.5, 0.6) is 0 Å². The van der Waals surface area contributed by atoms with Gasteiger partial charge in [-0.15, -0.1) is 11.6 Å². The molecule has 1 aromatic heterocycles. The molecule has 0 spiro atoms. The van der Waals surface area contributed by atoms with Gasteiger partial charge in [-0.25, -0.2) is 4.98 Å². The van der Waals surface area contributed by atoms with E-state index in [1.807, 2.05) is 18.2 Å². The standard InChI is InChI=1S/C19H20ClN3O/c1-3-18-22-16-12-14(19(24)21-2)6-9-17(16)23(18)15-7-4-13(5-8-15)10-11-20/h4-9,12H,3,10-11H2,1-2H3,(H,21,24). The summed E-state index contributed by atoms with van der Waals surface area (Å²) in [5.41, 5.74) is 4.75. The van der Waals surface area contributed by atoms with Crippen LogP contribution < -0.4 is 5.32 Å². The van der Waals surface area contributed by atoms with E-state index in [9.17, 15) is 4.79 Å². The zero-order valence-corrected chi connectivity index (χ0v) is 14.6. The summed E-state index contributed by atoms with van der Waals surface area (Å²) >= 11 is 5.81. The van der Waals surface area contributed by atoms with Crippen molar-refractivity contribution in [2.75, 3.05) is 12.9 Å². The maximum atomic E-state index is 11.8. The summed E-state index contributed by atoms with van der Waals surface area (Å²) in [6.07, 6.45) is 1.68. The van der Waals surface area contributed by atoms with Crippen LogP contribution in [0.4, 0.5) is 0 Å². The lowest BCUT2D eigenvalue weighted by atomic mass is 10.1. The monoisotopic (exact) mass is 341 g/mol. The molecule has 0 saturated heterocycles. The molecule has 0 saturated carbocycles. The van der Waals surface area contributed by atoms with Crippen molar-refractivity contribution in [1.82, 2.24) is 14.9 Å². The third-order valence-electron chi connectivity index (χ3n) is 4.11. The molecule has 1 amide bonds. The Hall–Kier alpha value is -2.33. The van der Waals surface area contributed by atoms with Gasteiger partial charge in [0, 0.05) is 30.6 Å². The first-order valence-electron chi connectivity index (χ1n) is 8.06. The van der Waals surface area contributed by atoms with Crippen LogP contribution in [0.25, 0.3) is 16.7 Å². The first-order chi connectivity index (χ1) is 11.7. The second-order valence-corrected chi connectivity index (χ2v) is 5.98. The van der Waals surface area contributed by atoms with Gasteiger partial charge in [-0.2, -0.15) is 0 Å². The van der Waals surface area contributed by atoms with Crippen LogP contribution in [0.15, 0.2) is 42.5 Å². The number of nitrogens with one attached hydrogen (secondary N) is 1. The van der Waals surface area contributed by atoms with Crippen LogP contribution in [0.3, 0.4) is 0 Å². The molecule has 0 aliphatic rings. The van der Waals surface area contributed by atoms with Gasteiger partial charge in [0.2, 0.25) is 0 Å². The molecule has 0 aliphatic carbocycles. The fourth-order valence-corrected chi connectivity index (χ4v) is 3.08. The van der Waals surface area contributed by atoms with Gasteiger partial charge < -0.3 is 5.32 Å². The number of nitrogens with zero attached hydrogens (tertiary/aromatic N) is 2. The third-order valence-corrected chi connectivity index (χ3v) is 4.30. The van der Waals surface area contributed by atoms with Gasteiger partial charge in [0.15, 0.2) is 0 Å². The fourth-order valence-electron chi connectivity index (χ4n) is 2.86. The number of hydrogen-bond acceptors (Lipinski definition) is 2. The minimum atomic E-state index is -0.102. The molecule has 0 unspecified atom stereocenters. The highest BCUT2D eigenvalue weighted by Gasteiger charge is 2.13. The normalized spacial score (nSPS) is 11.0. The van der Waals surface area contributed by atoms with Crippen molar-refractivity contribution in [3.63, 3.8) is 0 Å². The average Bonchev–Trinajstić information content (AvgIpc) is 2.99. The SMILES string of the molecule is CCc1nc2cc(C(=O)NC)ccc2n1-c1ccc(CCCl)cc1. The summed E-state index contributed by atoms with van der Waals surface area (Å²) in [6, 6.07) is 14.0. The van der Waals surface area contributed by atoms with Gasteiger partial charge in [-0.3, -0.25) is 9.36 Å². The molecule has 124 valence electrons. The lowest BCUT2D eigenvalue weighted by molar-refractivity contribution is 0.0963. The molecule has 0 radical (unpaired) electrons. The summed E-state index contributed by atoms with van der Waals surface area (Å²) < 4.78 is 2.15. The average molecular weight is 342 g/mol. The molecule has 0 aliphatic heterocycles. The number of imidazole rings is 1. The molecule has 0 fully saturated rings. The van der Waals surface area contributed by atoms with Crippen molar-refractivity contribution in [2.24, 2.45) is 0 Å². The van der Waals surface area contributed by atoms with Crippen molar-refractivity contribution in [3.8, 4) is 5.69 Å². The van der Waals surface area contributed by atoms with Gasteiger partial charge in [0.25, 0.3) is 5.91 Å². The molecular weight excluding hydrogens is 322 g/mol. The number of hydrogen-bond donors (Lipinski definition) is 1. The van der Waals surface area contributed by atoms with E-state index in [4.69, 9.17) is 16.6 Å². The van der Waals surface area contributed by atoms with Crippen LogP contribution in [0, 0.1) is 0 Å². The Bertz CT molecular complexity index is 868. The largest absolute Gasteiger partial charge is 0.355 e. The number of carbonyl (C=O) groups excluding carboxylic acids is 1. The highest BCUT2D eigenvalue weighted by atomic mass is 35.5. The topological polar surface area (TPSA) is 46.9 Å². The van der Waals surface area contributed by atoms with E-state index in [0.717, 1.165) is 35.4 Å². The molecule has 3 aromatic rings. The number of fused-ring (bicyclic) bond motifs is 1. The smallest absolute Gasteiger partial charge is 0.251 e. The fraction of sp³-hybridized carbons (Fsp3) is 0.263. The lowest BCUT2D eigenvalue weighted by Gasteiger charge is -2.09. The molecule has 4 nitrogen and oxygen atoms in total. The molecule has 3 rings (SSSR count). The van der Waals surface area contributed by atoms with E-state index in [1.165, 1.54) is 5.56 Å². The Kier molecular flexibility index (Phi) is 4.86. The van der Waals surface area contributed by atoms with Crippen LogP contribution in [0.1, 0.15) is 28.7 Å². The lowest BCUT2D eigenvalue weighted by Crippen LogP contribution is -2.17. The van der Waals surface area contributed by atoms with Crippen LogP contribution in [-0.4, -0.2) is 28.4 Å². The first-order valence-corrected chi connectivity index (χ1v) is 8.60. The highest BCUT2D eigenvalue weighted by Crippen LogP contribution is 2.23. The number of alkyl halides is 1. The molecule has 5 heteroatoms. The van der Waals surface area contributed by atoms with Gasteiger partial charge in [-0.05, 0) is 42.3 Å². The van der Waals surface area contributed by atoms with Crippen molar-refractivity contribution in [2.45, 2.75) is 19.8 Å². The van der Waals surface area contributed by atoms with Gasteiger partial charge in [0.05, 0.1) is 11.0 Å². The summed E-state index contributed by atoms with van der Waals surface area (Å²) in [5, 5.41) is 2.65. The number of aryl methyl sites for hydroxylation is 2. The summed E-state index contributed by atoms with van der Waals surface area (Å²) in [7, 11) is 1.63. The Morgan fingerprint density at radius 1 is 1.21 bits per heavy atom. The van der Waals surface area contributed by atoms with Crippen LogP contribution in [-0.2, 0) is 12.8 Å². The molecule has 2 aromatic carbocycles. The highest BCUT2D eigenvalue weighted by molar-refractivity contribution is 6.18. The van der Waals surface area contributed by atoms with E-state index in [0.29, 0.717) is 11.4 Å². The summed E-state index contributed by atoms with van der Waals surface area (Å²) in [4.78, 5) is 16.5. The van der Waals surface area contributed by atoms with Crippen LogP contribution >= 0.6 is 11.6 Å². The number of carbonyl (C=O) groups is 1. The third kappa shape index (κ3) is 3.02. The van der Waals surface area contributed by atoms with E-state index < -0.39 is 0 Å². The number of benzene rings is 2. The summed E-state index contributed by atoms with van der Waals surface area (Å²) in [6.45, 7) is 2.08. The Balaban J connectivity index is 2.10. The molecule has 1 heterocycles.